The van der Waals surface area contributed by atoms with Crippen molar-refractivity contribution in [1.82, 2.24) is 0 Å². The van der Waals surface area contributed by atoms with Gasteiger partial charge in [-0.05, 0) is 50.3 Å². The van der Waals surface area contributed by atoms with Gasteiger partial charge in [0.25, 0.3) is 0 Å². The molecule has 0 heterocycles. The molecular weight excluding hydrogens is 226 g/mol. The van der Waals surface area contributed by atoms with E-state index in [4.69, 9.17) is 10.5 Å². The quantitative estimate of drug-likeness (QED) is 0.835. The maximum absolute atomic E-state index is 12.5. The van der Waals surface area contributed by atoms with Gasteiger partial charge in [-0.1, -0.05) is 6.07 Å². The number of carbonyl (C=O) groups is 1. The lowest BCUT2D eigenvalue weighted by Crippen LogP contribution is -2.18. The van der Waals surface area contributed by atoms with E-state index in [2.05, 4.69) is 0 Å². The van der Waals surface area contributed by atoms with Crippen LogP contribution in [-0.4, -0.2) is 18.9 Å². The van der Waals surface area contributed by atoms with E-state index in [1.165, 1.54) is 0 Å². The van der Waals surface area contributed by atoms with Crippen LogP contribution in [0.25, 0.3) is 0 Å². The van der Waals surface area contributed by atoms with E-state index < -0.39 is 0 Å². The third kappa shape index (κ3) is 2.27. The van der Waals surface area contributed by atoms with Crippen molar-refractivity contribution in [3.8, 4) is 5.75 Å². The van der Waals surface area contributed by atoms with Gasteiger partial charge in [0.1, 0.15) is 5.75 Å². The van der Waals surface area contributed by atoms with Gasteiger partial charge in [0.2, 0.25) is 0 Å². The van der Waals surface area contributed by atoms with E-state index in [9.17, 15) is 4.79 Å². The molecule has 1 aromatic carbocycles. The maximum atomic E-state index is 12.5. The fourth-order valence-electron chi connectivity index (χ4n) is 2.72. The second-order valence-electron chi connectivity index (χ2n) is 5.22. The molecule has 1 aliphatic carbocycles. The summed E-state index contributed by atoms with van der Waals surface area (Å²) in [5.74, 6) is 0.972. The summed E-state index contributed by atoms with van der Waals surface area (Å²) < 4.78 is 5.41. The van der Waals surface area contributed by atoms with Crippen molar-refractivity contribution in [2.45, 2.75) is 39.2 Å². The van der Waals surface area contributed by atoms with Gasteiger partial charge >= 0.3 is 0 Å². The average Bonchev–Trinajstić information content (AvgIpc) is 2.78. The predicted octanol–water partition coefficient (Wildman–Crippen LogP) is 2.62. The molecule has 1 aromatic rings. The van der Waals surface area contributed by atoms with Gasteiger partial charge in [-0.25, -0.2) is 0 Å². The summed E-state index contributed by atoms with van der Waals surface area (Å²) in [4.78, 5) is 12.5. The molecule has 0 spiro atoms. The SMILES string of the molecule is COc1c(C(=O)C2CCC(N)C2)ccc(C)c1C. The Bertz CT molecular complexity index is 468. The molecule has 0 saturated heterocycles. The van der Waals surface area contributed by atoms with E-state index in [0.29, 0.717) is 5.56 Å². The highest BCUT2D eigenvalue weighted by molar-refractivity contribution is 6.01. The van der Waals surface area contributed by atoms with E-state index in [-0.39, 0.29) is 17.7 Å². The van der Waals surface area contributed by atoms with E-state index in [1.54, 1.807) is 7.11 Å². The summed E-state index contributed by atoms with van der Waals surface area (Å²) >= 11 is 0. The fourth-order valence-corrected chi connectivity index (χ4v) is 2.72. The molecule has 3 heteroatoms. The molecule has 0 radical (unpaired) electrons. The molecule has 18 heavy (non-hydrogen) atoms. The first-order chi connectivity index (χ1) is 8.54. The molecule has 1 fully saturated rings. The van der Waals surface area contributed by atoms with Crippen LogP contribution in [0.2, 0.25) is 0 Å². The van der Waals surface area contributed by atoms with Crippen LogP contribution in [0.3, 0.4) is 0 Å². The van der Waals surface area contributed by atoms with Crippen molar-refractivity contribution >= 4 is 5.78 Å². The van der Waals surface area contributed by atoms with Gasteiger partial charge < -0.3 is 10.5 Å². The van der Waals surface area contributed by atoms with Crippen molar-refractivity contribution in [1.29, 1.82) is 0 Å². The molecule has 3 nitrogen and oxygen atoms in total. The number of rotatable bonds is 3. The van der Waals surface area contributed by atoms with Crippen molar-refractivity contribution in [2.75, 3.05) is 7.11 Å². The van der Waals surface area contributed by atoms with Crippen LogP contribution in [-0.2, 0) is 0 Å². The molecule has 1 saturated carbocycles. The zero-order valence-electron chi connectivity index (χ0n) is 11.3. The Morgan fingerprint density at radius 3 is 2.61 bits per heavy atom. The average molecular weight is 247 g/mol. The number of hydrogen-bond donors (Lipinski definition) is 1. The first-order valence-electron chi connectivity index (χ1n) is 6.48. The van der Waals surface area contributed by atoms with Crippen molar-refractivity contribution in [3.05, 3.63) is 28.8 Å². The normalized spacial score (nSPS) is 23.1. The van der Waals surface area contributed by atoms with E-state index >= 15 is 0 Å². The van der Waals surface area contributed by atoms with Crippen LogP contribution in [0.4, 0.5) is 0 Å². The van der Waals surface area contributed by atoms with E-state index in [0.717, 1.165) is 36.1 Å². The number of aryl methyl sites for hydroxylation is 1. The standard InChI is InChI=1S/C15H21NO2/c1-9-4-7-13(15(18-3)10(9)2)14(17)11-5-6-12(16)8-11/h4,7,11-12H,5-6,8,16H2,1-3H3. The Hall–Kier alpha value is -1.35. The summed E-state index contributed by atoms with van der Waals surface area (Å²) in [5.41, 5.74) is 8.78. The van der Waals surface area contributed by atoms with Gasteiger partial charge in [-0.3, -0.25) is 4.79 Å². The van der Waals surface area contributed by atoms with Crippen LogP contribution in [0.1, 0.15) is 40.7 Å². The molecule has 2 unspecified atom stereocenters. The summed E-state index contributed by atoms with van der Waals surface area (Å²) in [7, 11) is 1.62. The first kappa shape index (κ1) is 13.1. The Morgan fingerprint density at radius 1 is 1.33 bits per heavy atom. The molecule has 0 aliphatic heterocycles. The highest BCUT2D eigenvalue weighted by Crippen LogP contribution is 2.33. The minimum atomic E-state index is 0.0657. The third-order valence-corrected chi connectivity index (χ3v) is 3.99. The molecule has 0 bridgehead atoms. The largest absolute Gasteiger partial charge is 0.496 e. The lowest BCUT2D eigenvalue weighted by molar-refractivity contribution is 0.0918. The Morgan fingerprint density at radius 2 is 2.06 bits per heavy atom. The third-order valence-electron chi connectivity index (χ3n) is 3.99. The molecule has 0 aromatic heterocycles. The summed E-state index contributed by atoms with van der Waals surface area (Å²) in [6.07, 6.45) is 2.65. The zero-order valence-corrected chi connectivity index (χ0v) is 11.3. The second kappa shape index (κ2) is 5.11. The highest BCUT2D eigenvalue weighted by Gasteiger charge is 2.30. The lowest BCUT2D eigenvalue weighted by atomic mass is 9.93. The lowest BCUT2D eigenvalue weighted by Gasteiger charge is -2.15. The second-order valence-corrected chi connectivity index (χ2v) is 5.22. The van der Waals surface area contributed by atoms with E-state index in [1.807, 2.05) is 26.0 Å². The maximum Gasteiger partial charge on any atom is 0.169 e. The monoisotopic (exact) mass is 247 g/mol. The Kier molecular flexibility index (Phi) is 3.71. The molecule has 0 amide bonds. The summed E-state index contributed by atoms with van der Waals surface area (Å²) in [6.45, 7) is 4.02. The van der Waals surface area contributed by atoms with Gasteiger partial charge in [0.05, 0.1) is 12.7 Å². The van der Waals surface area contributed by atoms with Crippen LogP contribution < -0.4 is 10.5 Å². The van der Waals surface area contributed by atoms with Gasteiger partial charge in [-0.2, -0.15) is 0 Å². The minimum Gasteiger partial charge on any atom is -0.496 e. The van der Waals surface area contributed by atoms with Crippen LogP contribution in [0.5, 0.6) is 5.75 Å². The minimum absolute atomic E-state index is 0.0657. The zero-order chi connectivity index (χ0) is 13.3. The summed E-state index contributed by atoms with van der Waals surface area (Å²) in [5, 5.41) is 0. The molecule has 2 rings (SSSR count). The number of methoxy groups -OCH3 is 1. The van der Waals surface area contributed by atoms with Gasteiger partial charge in [-0.15, -0.1) is 0 Å². The van der Waals surface area contributed by atoms with Crippen molar-refractivity contribution < 1.29 is 9.53 Å². The fraction of sp³-hybridized carbons (Fsp3) is 0.533. The smallest absolute Gasteiger partial charge is 0.169 e. The van der Waals surface area contributed by atoms with Crippen LogP contribution >= 0.6 is 0 Å². The number of benzene rings is 1. The number of nitrogens with two attached hydrogens (primary N) is 1. The molecule has 98 valence electrons. The Balaban J connectivity index is 2.33. The molecule has 2 atom stereocenters. The first-order valence-corrected chi connectivity index (χ1v) is 6.48. The molecular formula is C15H21NO2. The highest BCUT2D eigenvalue weighted by atomic mass is 16.5. The van der Waals surface area contributed by atoms with Crippen LogP contribution in [0.15, 0.2) is 12.1 Å². The van der Waals surface area contributed by atoms with Crippen LogP contribution in [0, 0.1) is 19.8 Å². The van der Waals surface area contributed by atoms with Crippen molar-refractivity contribution in [2.24, 2.45) is 11.7 Å². The summed E-state index contributed by atoms with van der Waals surface area (Å²) in [6, 6.07) is 4.05. The van der Waals surface area contributed by atoms with Gasteiger partial charge in [0.15, 0.2) is 5.78 Å². The topological polar surface area (TPSA) is 52.3 Å². The predicted molar refractivity (Wildman–Crippen MR) is 72.1 cm³/mol. The number of ketones is 1. The van der Waals surface area contributed by atoms with Crippen molar-refractivity contribution in [3.63, 3.8) is 0 Å². The van der Waals surface area contributed by atoms with Gasteiger partial charge in [0, 0.05) is 12.0 Å². The number of Topliss-reactive ketones (excluding diaryl/α,β-unsaturated/α-hetero) is 1. The number of hydrogen-bond acceptors (Lipinski definition) is 3. The molecule has 2 N–H and O–H groups in total. The Labute approximate surface area is 108 Å². The number of ether oxygens (including phenoxy) is 1. The molecule has 1 aliphatic rings. The number of carbonyl (C=O) groups excluding carboxylic acids is 1.